The fraction of sp³-hybridized carbons (Fsp3) is 0.533. The molecule has 1 aliphatic rings. The predicted molar refractivity (Wildman–Crippen MR) is 80.0 cm³/mol. The third-order valence-electron chi connectivity index (χ3n) is 3.82. The summed E-state index contributed by atoms with van der Waals surface area (Å²) in [5.41, 5.74) is 0.369. The zero-order chi connectivity index (χ0) is 18.4. The summed E-state index contributed by atoms with van der Waals surface area (Å²) >= 11 is 0. The maximum Gasteiger partial charge on any atom is 0.422 e. The first-order valence-electron chi connectivity index (χ1n) is 7.64. The van der Waals surface area contributed by atoms with E-state index in [1.165, 1.54) is 17.2 Å². The molecule has 2 rings (SSSR count). The van der Waals surface area contributed by atoms with Gasteiger partial charge in [0.15, 0.2) is 6.61 Å². The molecule has 1 aliphatic heterocycles. The number of piperidine rings is 1. The molecule has 0 atom stereocenters. The third-order valence-corrected chi connectivity index (χ3v) is 3.82. The van der Waals surface area contributed by atoms with E-state index in [0.717, 1.165) is 6.20 Å². The van der Waals surface area contributed by atoms with E-state index in [1.807, 2.05) is 0 Å². The minimum absolute atomic E-state index is 0.0204. The summed E-state index contributed by atoms with van der Waals surface area (Å²) in [6, 6.07) is 1.06. The van der Waals surface area contributed by atoms with Gasteiger partial charge >= 0.3 is 18.2 Å². The minimum atomic E-state index is -4.47. The maximum absolute atomic E-state index is 12.3. The van der Waals surface area contributed by atoms with Crippen LogP contribution >= 0.6 is 0 Å². The van der Waals surface area contributed by atoms with E-state index < -0.39 is 30.7 Å². The summed E-state index contributed by atoms with van der Waals surface area (Å²) in [7, 11) is 0. The van der Waals surface area contributed by atoms with Crippen molar-refractivity contribution in [1.82, 2.24) is 15.2 Å². The highest BCUT2D eigenvalue weighted by molar-refractivity contribution is 5.75. The Bertz CT molecular complexity index is 616. The molecular weight excluding hydrogens is 343 g/mol. The van der Waals surface area contributed by atoms with Gasteiger partial charge in [-0.25, -0.2) is 4.79 Å². The number of carbonyl (C=O) groups excluding carboxylic acids is 1. The first kappa shape index (κ1) is 18.8. The van der Waals surface area contributed by atoms with Crippen LogP contribution in [0.1, 0.15) is 18.4 Å². The highest BCUT2D eigenvalue weighted by Gasteiger charge is 2.29. The highest BCUT2D eigenvalue weighted by atomic mass is 19.4. The van der Waals surface area contributed by atoms with Gasteiger partial charge in [-0.05, 0) is 18.9 Å². The molecular formula is C15H18F3N3O4. The monoisotopic (exact) mass is 361 g/mol. The molecule has 1 fully saturated rings. The molecule has 0 aliphatic carbocycles. The van der Waals surface area contributed by atoms with E-state index in [-0.39, 0.29) is 12.3 Å². The Morgan fingerprint density at radius 3 is 2.64 bits per heavy atom. The van der Waals surface area contributed by atoms with Gasteiger partial charge in [0.2, 0.25) is 0 Å². The van der Waals surface area contributed by atoms with Crippen LogP contribution in [0, 0.1) is 5.92 Å². The van der Waals surface area contributed by atoms with Crippen LogP contribution in [-0.4, -0.2) is 52.9 Å². The standard InChI is InChI=1S/C15H18F3N3O4/c16-15(17,18)9-25-12-8-19-4-1-11(12)7-20-14(24)21-5-2-10(3-6-21)13(22)23/h1,4,8,10H,2-3,5-7,9H2,(H,20,24)(H,22,23). The van der Waals surface area contributed by atoms with E-state index in [0.29, 0.717) is 31.5 Å². The lowest BCUT2D eigenvalue weighted by atomic mass is 9.97. The van der Waals surface area contributed by atoms with Crippen LogP contribution in [0.3, 0.4) is 0 Å². The number of urea groups is 1. The van der Waals surface area contributed by atoms with Crippen LogP contribution in [-0.2, 0) is 11.3 Å². The van der Waals surface area contributed by atoms with Crippen molar-refractivity contribution < 1.29 is 32.6 Å². The lowest BCUT2D eigenvalue weighted by Crippen LogP contribution is -2.45. The smallest absolute Gasteiger partial charge is 0.422 e. The number of hydrogen-bond donors (Lipinski definition) is 2. The number of carbonyl (C=O) groups is 2. The first-order chi connectivity index (χ1) is 11.8. The quantitative estimate of drug-likeness (QED) is 0.837. The molecule has 0 unspecified atom stereocenters. The fourth-order valence-corrected chi connectivity index (χ4v) is 2.46. The number of pyridine rings is 1. The second-order valence-corrected chi connectivity index (χ2v) is 5.65. The Kier molecular flexibility index (Phi) is 6.05. The number of likely N-dealkylation sites (tertiary alicyclic amines) is 1. The van der Waals surface area contributed by atoms with Crippen LogP contribution < -0.4 is 10.1 Å². The van der Waals surface area contributed by atoms with Gasteiger partial charge in [-0.15, -0.1) is 0 Å². The average molecular weight is 361 g/mol. The number of aliphatic carboxylic acids is 1. The SMILES string of the molecule is O=C(O)C1CCN(C(=O)NCc2ccncc2OCC(F)(F)F)CC1. The zero-order valence-electron chi connectivity index (χ0n) is 13.3. The molecule has 2 amide bonds. The number of aromatic nitrogens is 1. The summed E-state index contributed by atoms with van der Waals surface area (Å²) in [4.78, 5) is 28.2. The molecule has 2 N–H and O–H groups in total. The molecule has 7 nitrogen and oxygen atoms in total. The molecule has 1 aromatic heterocycles. The van der Waals surface area contributed by atoms with Gasteiger partial charge in [0.05, 0.1) is 12.1 Å². The summed E-state index contributed by atoms with van der Waals surface area (Å²) in [6.07, 6.45) is -1.17. The van der Waals surface area contributed by atoms with Gasteiger partial charge in [-0.1, -0.05) is 0 Å². The molecule has 0 radical (unpaired) electrons. The number of nitrogens with one attached hydrogen (secondary N) is 1. The van der Waals surface area contributed by atoms with Crippen LogP contribution in [0.4, 0.5) is 18.0 Å². The number of hydrogen-bond acceptors (Lipinski definition) is 4. The number of alkyl halides is 3. The van der Waals surface area contributed by atoms with E-state index in [9.17, 15) is 22.8 Å². The third kappa shape index (κ3) is 5.80. The van der Waals surface area contributed by atoms with Crippen molar-refractivity contribution in [3.8, 4) is 5.75 Å². The van der Waals surface area contributed by atoms with Crippen molar-refractivity contribution in [2.75, 3.05) is 19.7 Å². The van der Waals surface area contributed by atoms with E-state index >= 15 is 0 Å². The Balaban J connectivity index is 1.87. The van der Waals surface area contributed by atoms with Gasteiger partial charge < -0.3 is 20.1 Å². The number of halogens is 3. The Morgan fingerprint density at radius 1 is 1.36 bits per heavy atom. The van der Waals surface area contributed by atoms with Crippen LogP contribution in [0.15, 0.2) is 18.5 Å². The van der Waals surface area contributed by atoms with Crippen LogP contribution in [0.5, 0.6) is 5.75 Å². The summed E-state index contributed by atoms with van der Waals surface area (Å²) in [5.74, 6) is -1.38. The van der Waals surface area contributed by atoms with Crippen molar-refractivity contribution in [1.29, 1.82) is 0 Å². The number of carboxylic acids is 1. The second kappa shape index (κ2) is 8.04. The van der Waals surface area contributed by atoms with E-state index in [2.05, 4.69) is 10.3 Å². The fourth-order valence-electron chi connectivity index (χ4n) is 2.46. The minimum Gasteiger partial charge on any atom is -0.482 e. The van der Waals surface area contributed by atoms with Crippen molar-refractivity contribution in [2.45, 2.75) is 25.6 Å². The molecule has 0 saturated carbocycles. The van der Waals surface area contributed by atoms with Gasteiger partial charge in [0.25, 0.3) is 0 Å². The molecule has 2 heterocycles. The van der Waals surface area contributed by atoms with Crippen molar-refractivity contribution in [2.24, 2.45) is 5.92 Å². The zero-order valence-corrected chi connectivity index (χ0v) is 13.3. The lowest BCUT2D eigenvalue weighted by molar-refractivity contribution is -0.153. The number of carboxylic acid groups (broad SMARTS) is 1. The molecule has 1 saturated heterocycles. The number of nitrogens with zero attached hydrogens (tertiary/aromatic N) is 2. The molecule has 0 bridgehead atoms. The van der Waals surface area contributed by atoms with Gasteiger partial charge in [0.1, 0.15) is 5.75 Å². The number of amides is 2. The Labute approximate surface area is 141 Å². The molecule has 0 aromatic carbocycles. The van der Waals surface area contributed by atoms with Gasteiger partial charge in [0, 0.05) is 31.4 Å². The topological polar surface area (TPSA) is 91.8 Å². The highest BCUT2D eigenvalue weighted by Crippen LogP contribution is 2.21. The summed E-state index contributed by atoms with van der Waals surface area (Å²) < 4.78 is 41.5. The van der Waals surface area contributed by atoms with E-state index in [1.54, 1.807) is 0 Å². The number of ether oxygens (including phenoxy) is 1. The van der Waals surface area contributed by atoms with Crippen molar-refractivity contribution >= 4 is 12.0 Å². The van der Waals surface area contributed by atoms with E-state index in [4.69, 9.17) is 9.84 Å². The summed E-state index contributed by atoms with van der Waals surface area (Å²) in [6.45, 7) is -0.830. The second-order valence-electron chi connectivity index (χ2n) is 5.65. The Morgan fingerprint density at radius 2 is 2.04 bits per heavy atom. The van der Waals surface area contributed by atoms with Crippen molar-refractivity contribution in [3.05, 3.63) is 24.0 Å². The van der Waals surface area contributed by atoms with Gasteiger partial charge in [-0.2, -0.15) is 13.2 Å². The number of rotatable bonds is 5. The molecule has 25 heavy (non-hydrogen) atoms. The predicted octanol–water partition coefficient (Wildman–Crippen LogP) is 2.03. The maximum atomic E-state index is 12.3. The first-order valence-corrected chi connectivity index (χ1v) is 7.64. The summed E-state index contributed by atoms with van der Waals surface area (Å²) in [5, 5.41) is 11.5. The average Bonchev–Trinajstić information content (AvgIpc) is 2.58. The van der Waals surface area contributed by atoms with Crippen LogP contribution in [0.25, 0.3) is 0 Å². The molecule has 138 valence electrons. The molecule has 0 spiro atoms. The lowest BCUT2D eigenvalue weighted by Gasteiger charge is -2.30. The largest absolute Gasteiger partial charge is 0.482 e. The van der Waals surface area contributed by atoms with Gasteiger partial charge in [-0.3, -0.25) is 9.78 Å². The van der Waals surface area contributed by atoms with Crippen LogP contribution in [0.2, 0.25) is 0 Å². The van der Waals surface area contributed by atoms with Crippen molar-refractivity contribution in [3.63, 3.8) is 0 Å². The molecule has 10 heteroatoms. The molecule has 1 aromatic rings. The Hall–Kier alpha value is -2.52. The normalized spacial score (nSPS) is 15.7.